The quantitative estimate of drug-likeness (QED) is 0.849. The van der Waals surface area contributed by atoms with Gasteiger partial charge < -0.3 is 14.8 Å². The Kier molecular flexibility index (Phi) is 5.48. The first kappa shape index (κ1) is 18.0. The molecule has 0 radical (unpaired) electrons. The fourth-order valence-electron chi connectivity index (χ4n) is 3.18. The van der Waals surface area contributed by atoms with Crippen LogP contribution in [-0.4, -0.2) is 56.7 Å². The van der Waals surface area contributed by atoms with E-state index in [1.807, 2.05) is 6.92 Å². The van der Waals surface area contributed by atoms with E-state index in [9.17, 15) is 13.2 Å². The van der Waals surface area contributed by atoms with Gasteiger partial charge >= 0.3 is 0 Å². The van der Waals surface area contributed by atoms with Gasteiger partial charge in [-0.3, -0.25) is 4.79 Å². The van der Waals surface area contributed by atoms with Crippen LogP contribution in [0.15, 0.2) is 18.2 Å². The van der Waals surface area contributed by atoms with Crippen molar-refractivity contribution in [1.82, 2.24) is 9.62 Å². The molecule has 7 nitrogen and oxygen atoms in total. The maximum absolute atomic E-state index is 12.6. The lowest BCUT2D eigenvalue weighted by Gasteiger charge is -2.31. The molecular formula is C17H24N2O5S. The van der Waals surface area contributed by atoms with Gasteiger partial charge in [0, 0.05) is 19.1 Å². The second-order valence-electron chi connectivity index (χ2n) is 6.29. The van der Waals surface area contributed by atoms with Crippen LogP contribution in [0.5, 0.6) is 11.5 Å². The SMILES string of the molecule is CCCS(=O)(=O)N1CCC(NC(=O)c2cccc3c2OCCO3)CC1. The Morgan fingerprint density at radius 2 is 1.96 bits per heavy atom. The molecule has 8 heteroatoms. The molecule has 138 valence electrons. The molecule has 1 N–H and O–H groups in total. The molecule has 0 aliphatic carbocycles. The van der Waals surface area contributed by atoms with Crippen molar-refractivity contribution in [2.24, 2.45) is 0 Å². The van der Waals surface area contributed by atoms with Crippen molar-refractivity contribution in [3.8, 4) is 11.5 Å². The molecule has 2 aliphatic heterocycles. The topological polar surface area (TPSA) is 84.9 Å². The number of carbonyl (C=O) groups is 1. The Labute approximate surface area is 148 Å². The lowest BCUT2D eigenvalue weighted by Crippen LogP contribution is -2.47. The van der Waals surface area contributed by atoms with E-state index in [1.165, 1.54) is 4.31 Å². The summed E-state index contributed by atoms with van der Waals surface area (Å²) in [5, 5.41) is 2.99. The number of hydrogen-bond acceptors (Lipinski definition) is 5. The summed E-state index contributed by atoms with van der Waals surface area (Å²) < 4.78 is 36.8. The van der Waals surface area contributed by atoms with Gasteiger partial charge in [-0.15, -0.1) is 0 Å². The number of benzene rings is 1. The van der Waals surface area contributed by atoms with E-state index < -0.39 is 10.0 Å². The number of rotatable bonds is 5. The summed E-state index contributed by atoms with van der Waals surface area (Å²) in [6, 6.07) is 5.22. The number of nitrogens with one attached hydrogen (secondary N) is 1. The van der Waals surface area contributed by atoms with E-state index in [-0.39, 0.29) is 17.7 Å². The van der Waals surface area contributed by atoms with Crippen LogP contribution in [0.2, 0.25) is 0 Å². The molecule has 2 heterocycles. The Balaban J connectivity index is 1.60. The maximum Gasteiger partial charge on any atom is 0.255 e. The third kappa shape index (κ3) is 4.07. The number of para-hydroxylation sites is 1. The summed E-state index contributed by atoms with van der Waals surface area (Å²) >= 11 is 0. The van der Waals surface area contributed by atoms with Crippen molar-refractivity contribution in [1.29, 1.82) is 0 Å². The van der Waals surface area contributed by atoms with Gasteiger partial charge in [-0.1, -0.05) is 13.0 Å². The molecule has 1 amide bonds. The average Bonchev–Trinajstić information content (AvgIpc) is 2.61. The molecule has 0 aromatic heterocycles. The summed E-state index contributed by atoms with van der Waals surface area (Å²) in [6.45, 7) is 3.64. The van der Waals surface area contributed by atoms with Crippen LogP contribution in [0.3, 0.4) is 0 Å². The van der Waals surface area contributed by atoms with Crippen molar-refractivity contribution in [3.05, 3.63) is 23.8 Å². The smallest absolute Gasteiger partial charge is 0.255 e. The minimum absolute atomic E-state index is 0.0408. The van der Waals surface area contributed by atoms with Gasteiger partial charge in [0.05, 0.1) is 11.3 Å². The number of carbonyl (C=O) groups excluding carboxylic acids is 1. The molecule has 2 aliphatic rings. The third-order valence-electron chi connectivity index (χ3n) is 4.46. The van der Waals surface area contributed by atoms with Crippen LogP contribution in [-0.2, 0) is 10.0 Å². The Morgan fingerprint density at radius 1 is 1.24 bits per heavy atom. The summed E-state index contributed by atoms with van der Waals surface area (Å²) in [6.07, 6.45) is 1.84. The average molecular weight is 368 g/mol. The van der Waals surface area contributed by atoms with Crippen molar-refractivity contribution < 1.29 is 22.7 Å². The molecule has 25 heavy (non-hydrogen) atoms. The molecule has 0 saturated carbocycles. The molecule has 3 rings (SSSR count). The van der Waals surface area contributed by atoms with E-state index in [0.29, 0.717) is 62.6 Å². The highest BCUT2D eigenvalue weighted by atomic mass is 32.2. The summed E-state index contributed by atoms with van der Waals surface area (Å²) in [5.41, 5.74) is 0.457. The van der Waals surface area contributed by atoms with E-state index in [4.69, 9.17) is 9.47 Å². The fourth-order valence-corrected chi connectivity index (χ4v) is 4.72. The number of nitrogens with zero attached hydrogens (tertiary/aromatic N) is 1. The molecule has 0 atom stereocenters. The van der Waals surface area contributed by atoms with Gasteiger partial charge in [0.2, 0.25) is 10.0 Å². The lowest BCUT2D eigenvalue weighted by molar-refractivity contribution is 0.0913. The molecule has 0 spiro atoms. The Morgan fingerprint density at radius 3 is 2.68 bits per heavy atom. The zero-order valence-electron chi connectivity index (χ0n) is 14.4. The van der Waals surface area contributed by atoms with Crippen molar-refractivity contribution >= 4 is 15.9 Å². The maximum atomic E-state index is 12.6. The van der Waals surface area contributed by atoms with Gasteiger partial charge in [0.25, 0.3) is 5.91 Å². The second kappa shape index (κ2) is 7.61. The summed E-state index contributed by atoms with van der Waals surface area (Å²) in [4.78, 5) is 12.6. The molecule has 1 fully saturated rings. The van der Waals surface area contributed by atoms with Crippen LogP contribution in [0.25, 0.3) is 0 Å². The molecule has 1 saturated heterocycles. The van der Waals surface area contributed by atoms with Crippen LogP contribution >= 0.6 is 0 Å². The molecule has 0 unspecified atom stereocenters. The van der Waals surface area contributed by atoms with Gasteiger partial charge in [-0.25, -0.2) is 12.7 Å². The first-order valence-electron chi connectivity index (χ1n) is 8.68. The van der Waals surface area contributed by atoms with E-state index >= 15 is 0 Å². The van der Waals surface area contributed by atoms with Crippen LogP contribution in [0.1, 0.15) is 36.5 Å². The summed E-state index contributed by atoms with van der Waals surface area (Å²) in [5.74, 6) is 1.03. The van der Waals surface area contributed by atoms with Gasteiger partial charge in [0.1, 0.15) is 13.2 Å². The standard InChI is InChI=1S/C17H24N2O5S/c1-2-12-25(21,22)19-8-6-13(7-9-19)18-17(20)14-4-3-5-15-16(14)24-11-10-23-15/h3-5,13H,2,6-12H2,1H3,(H,18,20). The predicted octanol–water partition coefficient (Wildman–Crippen LogP) is 1.39. The van der Waals surface area contributed by atoms with Crippen LogP contribution < -0.4 is 14.8 Å². The van der Waals surface area contributed by atoms with Gasteiger partial charge in [-0.05, 0) is 31.4 Å². The molecule has 1 aromatic rings. The minimum atomic E-state index is -3.17. The lowest BCUT2D eigenvalue weighted by atomic mass is 10.1. The first-order chi connectivity index (χ1) is 12.0. The highest BCUT2D eigenvalue weighted by Crippen LogP contribution is 2.33. The normalized spacial score (nSPS) is 18.8. The number of fused-ring (bicyclic) bond motifs is 1. The van der Waals surface area contributed by atoms with Gasteiger partial charge in [0.15, 0.2) is 11.5 Å². The zero-order chi connectivity index (χ0) is 17.9. The highest BCUT2D eigenvalue weighted by Gasteiger charge is 2.29. The number of hydrogen-bond donors (Lipinski definition) is 1. The minimum Gasteiger partial charge on any atom is -0.486 e. The van der Waals surface area contributed by atoms with Gasteiger partial charge in [-0.2, -0.15) is 0 Å². The van der Waals surface area contributed by atoms with E-state index in [1.54, 1.807) is 18.2 Å². The van der Waals surface area contributed by atoms with Crippen LogP contribution in [0, 0.1) is 0 Å². The zero-order valence-corrected chi connectivity index (χ0v) is 15.2. The molecule has 0 bridgehead atoms. The van der Waals surface area contributed by atoms with Crippen molar-refractivity contribution in [3.63, 3.8) is 0 Å². The number of sulfonamides is 1. The second-order valence-corrected chi connectivity index (χ2v) is 8.38. The first-order valence-corrected chi connectivity index (χ1v) is 10.3. The Hall–Kier alpha value is -1.80. The predicted molar refractivity (Wildman–Crippen MR) is 93.6 cm³/mol. The van der Waals surface area contributed by atoms with Crippen LogP contribution in [0.4, 0.5) is 0 Å². The number of ether oxygens (including phenoxy) is 2. The monoisotopic (exact) mass is 368 g/mol. The van der Waals surface area contributed by atoms with E-state index in [0.717, 1.165) is 0 Å². The molecular weight excluding hydrogens is 344 g/mol. The number of piperidine rings is 1. The summed E-state index contributed by atoms with van der Waals surface area (Å²) in [7, 11) is -3.17. The fraction of sp³-hybridized carbons (Fsp3) is 0.588. The van der Waals surface area contributed by atoms with Crippen molar-refractivity contribution in [2.75, 3.05) is 32.1 Å². The highest BCUT2D eigenvalue weighted by molar-refractivity contribution is 7.89. The van der Waals surface area contributed by atoms with E-state index in [2.05, 4.69) is 5.32 Å². The van der Waals surface area contributed by atoms with Crippen molar-refractivity contribution in [2.45, 2.75) is 32.2 Å². The largest absolute Gasteiger partial charge is 0.486 e. The Bertz CT molecular complexity index is 727. The molecule has 1 aromatic carbocycles. The number of amides is 1. The third-order valence-corrected chi connectivity index (χ3v) is 6.53.